The van der Waals surface area contributed by atoms with Crippen LogP contribution in [0.1, 0.15) is 43.6 Å². The quantitative estimate of drug-likeness (QED) is 0.630. The van der Waals surface area contributed by atoms with Crippen LogP contribution in [0, 0.1) is 0 Å². The van der Waals surface area contributed by atoms with Crippen molar-refractivity contribution in [3.63, 3.8) is 0 Å². The minimum atomic E-state index is -0.949. The minimum absolute atomic E-state index is 0.111. The summed E-state index contributed by atoms with van der Waals surface area (Å²) in [4.78, 5) is 16.8. The number of benzene rings is 2. The molecule has 1 aliphatic carbocycles. The molecule has 5 heteroatoms. The molecule has 144 valence electrons. The predicted octanol–water partition coefficient (Wildman–Crippen LogP) is 5.31. The van der Waals surface area contributed by atoms with Crippen molar-refractivity contribution < 1.29 is 9.90 Å². The van der Waals surface area contributed by atoms with Gasteiger partial charge in [-0.05, 0) is 73.6 Å². The van der Waals surface area contributed by atoms with Gasteiger partial charge in [0.25, 0.3) is 0 Å². The Bertz CT molecular complexity index is 974. The molecule has 1 aliphatic rings. The lowest BCUT2D eigenvalue weighted by Crippen LogP contribution is -2.37. The average molecular weight is 395 g/mol. The number of pyridine rings is 1. The van der Waals surface area contributed by atoms with Crippen LogP contribution in [0.15, 0.2) is 60.8 Å². The molecule has 28 heavy (non-hydrogen) atoms. The second-order valence-electron chi connectivity index (χ2n) is 7.65. The standard InChI is InChI=1S/C23H23ClN2O2/c24-17-5-7-18(8-6-17)26-22(27)15-23(28)12-9-16(10-13-23)19-11-14-25-21-4-2-1-3-20(19)21/h1-8,11,14,16,28H,9-10,12-13,15H2,(H,26,27)/t16-,23-. The number of amides is 1. The van der Waals surface area contributed by atoms with Crippen LogP contribution in [0.4, 0.5) is 5.69 Å². The first-order valence-electron chi connectivity index (χ1n) is 9.64. The lowest BCUT2D eigenvalue weighted by atomic mass is 9.74. The van der Waals surface area contributed by atoms with Crippen LogP contribution >= 0.6 is 11.6 Å². The van der Waals surface area contributed by atoms with E-state index in [-0.39, 0.29) is 12.3 Å². The number of para-hydroxylation sites is 1. The highest BCUT2D eigenvalue weighted by atomic mass is 35.5. The van der Waals surface area contributed by atoms with Gasteiger partial charge in [-0.1, -0.05) is 29.8 Å². The van der Waals surface area contributed by atoms with Crippen LogP contribution < -0.4 is 5.32 Å². The van der Waals surface area contributed by atoms with Gasteiger partial charge in [0.05, 0.1) is 17.5 Å². The Labute approximate surface area is 169 Å². The Balaban J connectivity index is 1.39. The number of halogens is 1. The molecule has 1 amide bonds. The van der Waals surface area contributed by atoms with Gasteiger partial charge in [0.15, 0.2) is 0 Å². The zero-order valence-corrected chi connectivity index (χ0v) is 16.3. The number of hydrogen-bond donors (Lipinski definition) is 2. The van der Waals surface area contributed by atoms with Gasteiger partial charge in [-0.25, -0.2) is 0 Å². The van der Waals surface area contributed by atoms with E-state index >= 15 is 0 Å². The number of aliphatic hydroxyl groups is 1. The predicted molar refractivity (Wildman–Crippen MR) is 113 cm³/mol. The number of carbonyl (C=O) groups is 1. The number of hydrogen-bond acceptors (Lipinski definition) is 3. The number of nitrogens with one attached hydrogen (secondary N) is 1. The summed E-state index contributed by atoms with van der Waals surface area (Å²) >= 11 is 5.87. The summed E-state index contributed by atoms with van der Waals surface area (Å²) in [6, 6.07) is 17.2. The molecule has 0 unspecified atom stereocenters. The zero-order chi connectivity index (χ0) is 19.6. The summed E-state index contributed by atoms with van der Waals surface area (Å²) in [6.07, 6.45) is 4.92. The van der Waals surface area contributed by atoms with Crippen molar-refractivity contribution in [3.05, 3.63) is 71.4 Å². The summed E-state index contributed by atoms with van der Waals surface area (Å²) in [5.74, 6) is 0.213. The molecule has 1 saturated carbocycles. The van der Waals surface area contributed by atoms with E-state index in [0.29, 0.717) is 29.5 Å². The van der Waals surface area contributed by atoms with Crippen molar-refractivity contribution >= 4 is 34.1 Å². The molecule has 0 saturated heterocycles. The van der Waals surface area contributed by atoms with Crippen molar-refractivity contribution in [2.24, 2.45) is 0 Å². The van der Waals surface area contributed by atoms with Gasteiger partial charge in [0, 0.05) is 22.3 Å². The minimum Gasteiger partial charge on any atom is -0.389 e. The Morgan fingerprint density at radius 3 is 2.57 bits per heavy atom. The maximum atomic E-state index is 12.4. The summed E-state index contributed by atoms with van der Waals surface area (Å²) in [5, 5.41) is 15.6. The van der Waals surface area contributed by atoms with Crippen molar-refractivity contribution in [2.45, 2.75) is 43.6 Å². The number of fused-ring (bicyclic) bond motifs is 1. The van der Waals surface area contributed by atoms with Gasteiger partial charge in [-0.2, -0.15) is 0 Å². The largest absolute Gasteiger partial charge is 0.389 e. The number of aromatic nitrogens is 1. The number of carbonyl (C=O) groups excluding carboxylic acids is 1. The van der Waals surface area contributed by atoms with Crippen LogP contribution in [0.5, 0.6) is 0 Å². The molecule has 4 rings (SSSR count). The number of rotatable bonds is 4. The molecular weight excluding hydrogens is 372 g/mol. The van der Waals surface area contributed by atoms with Crippen LogP contribution in [0.2, 0.25) is 5.02 Å². The molecule has 3 aromatic rings. The molecule has 4 nitrogen and oxygen atoms in total. The first kappa shape index (κ1) is 18.9. The SMILES string of the molecule is O=C(C[C@]1(O)CC[C@H](c2ccnc3ccccc32)CC1)Nc1ccc(Cl)cc1. The number of anilines is 1. The van der Waals surface area contributed by atoms with E-state index in [4.69, 9.17) is 11.6 Å². The molecule has 0 atom stereocenters. The summed E-state index contributed by atoms with van der Waals surface area (Å²) in [5.41, 5.74) is 2.03. The molecule has 0 radical (unpaired) electrons. The van der Waals surface area contributed by atoms with Crippen LogP contribution in [-0.4, -0.2) is 21.6 Å². The second kappa shape index (κ2) is 7.90. The van der Waals surface area contributed by atoms with Crippen LogP contribution in [-0.2, 0) is 4.79 Å². The Morgan fingerprint density at radius 1 is 1.11 bits per heavy atom. The van der Waals surface area contributed by atoms with Crippen LogP contribution in [0.25, 0.3) is 10.9 Å². The van der Waals surface area contributed by atoms with Crippen molar-refractivity contribution in [1.82, 2.24) is 4.98 Å². The summed E-state index contributed by atoms with van der Waals surface area (Å²) in [7, 11) is 0. The van der Waals surface area contributed by atoms with Crippen molar-refractivity contribution in [1.29, 1.82) is 0 Å². The topological polar surface area (TPSA) is 62.2 Å². The molecule has 1 heterocycles. The van der Waals surface area contributed by atoms with E-state index in [1.54, 1.807) is 24.3 Å². The van der Waals surface area contributed by atoms with E-state index in [9.17, 15) is 9.90 Å². The fourth-order valence-corrected chi connectivity index (χ4v) is 4.28. The summed E-state index contributed by atoms with van der Waals surface area (Å²) < 4.78 is 0. The fraction of sp³-hybridized carbons (Fsp3) is 0.304. The maximum absolute atomic E-state index is 12.4. The van der Waals surface area contributed by atoms with E-state index in [2.05, 4.69) is 22.4 Å². The van der Waals surface area contributed by atoms with Gasteiger partial charge in [0.1, 0.15) is 0 Å². The fourth-order valence-electron chi connectivity index (χ4n) is 4.15. The monoisotopic (exact) mass is 394 g/mol. The van der Waals surface area contributed by atoms with Crippen molar-refractivity contribution in [2.75, 3.05) is 5.32 Å². The lowest BCUT2D eigenvalue weighted by Gasteiger charge is -2.36. The zero-order valence-electron chi connectivity index (χ0n) is 15.6. The van der Waals surface area contributed by atoms with E-state index in [1.165, 1.54) is 10.9 Å². The molecule has 1 fully saturated rings. The highest BCUT2D eigenvalue weighted by molar-refractivity contribution is 6.30. The molecule has 2 aromatic carbocycles. The van der Waals surface area contributed by atoms with Gasteiger partial charge >= 0.3 is 0 Å². The first-order chi connectivity index (χ1) is 13.5. The van der Waals surface area contributed by atoms with Gasteiger partial charge in [-0.15, -0.1) is 0 Å². The second-order valence-corrected chi connectivity index (χ2v) is 8.08. The molecule has 0 spiro atoms. The Morgan fingerprint density at radius 2 is 1.82 bits per heavy atom. The Hall–Kier alpha value is -2.43. The third-order valence-electron chi connectivity index (χ3n) is 5.66. The van der Waals surface area contributed by atoms with Gasteiger partial charge in [-0.3, -0.25) is 9.78 Å². The lowest BCUT2D eigenvalue weighted by molar-refractivity contribution is -0.122. The average Bonchev–Trinajstić information content (AvgIpc) is 2.70. The van der Waals surface area contributed by atoms with E-state index in [0.717, 1.165) is 18.4 Å². The third kappa shape index (κ3) is 4.18. The highest BCUT2D eigenvalue weighted by Gasteiger charge is 2.36. The smallest absolute Gasteiger partial charge is 0.227 e. The number of nitrogens with zero attached hydrogens (tertiary/aromatic N) is 1. The first-order valence-corrected chi connectivity index (χ1v) is 10.0. The van der Waals surface area contributed by atoms with E-state index < -0.39 is 5.60 Å². The normalized spacial score (nSPS) is 22.1. The van der Waals surface area contributed by atoms with Gasteiger partial charge < -0.3 is 10.4 Å². The Kier molecular flexibility index (Phi) is 5.33. The van der Waals surface area contributed by atoms with Crippen LogP contribution in [0.3, 0.4) is 0 Å². The van der Waals surface area contributed by atoms with E-state index in [1.807, 2.05) is 24.4 Å². The maximum Gasteiger partial charge on any atom is 0.227 e. The van der Waals surface area contributed by atoms with Gasteiger partial charge in [0.2, 0.25) is 5.91 Å². The molecule has 0 bridgehead atoms. The molecular formula is C23H23ClN2O2. The third-order valence-corrected chi connectivity index (χ3v) is 5.91. The molecule has 1 aromatic heterocycles. The van der Waals surface area contributed by atoms with Crippen molar-refractivity contribution in [3.8, 4) is 0 Å². The molecule has 2 N–H and O–H groups in total. The molecule has 0 aliphatic heterocycles. The summed E-state index contributed by atoms with van der Waals surface area (Å²) in [6.45, 7) is 0. The highest BCUT2D eigenvalue weighted by Crippen LogP contribution is 2.41.